The molecule has 2 rings (SSSR count). The Kier molecular flexibility index (Phi) is 3.72. The van der Waals surface area contributed by atoms with Crippen LogP contribution in [0.2, 0.25) is 0 Å². The van der Waals surface area contributed by atoms with Crippen molar-refractivity contribution in [3.05, 3.63) is 0 Å². The molecule has 0 aromatic heterocycles. The smallest absolute Gasteiger partial charge is 0.139 e. The summed E-state index contributed by atoms with van der Waals surface area (Å²) in [4.78, 5) is 0. The van der Waals surface area contributed by atoms with E-state index in [1.54, 1.807) is 10.8 Å². The summed E-state index contributed by atoms with van der Waals surface area (Å²) < 4.78 is 1.35. The zero-order chi connectivity index (χ0) is 13.3. The minimum Gasteiger partial charge on any atom is -0.386 e. The first-order valence-electron chi connectivity index (χ1n) is 6.72. The minimum atomic E-state index is -2.59. The second-order valence-corrected chi connectivity index (χ2v) is 18.6. The van der Waals surface area contributed by atoms with Gasteiger partial charge in [-0.3, -0.25) is 0 Å². The van der Waals surface area contributed by atoms with Gasteiger partial charge in [0.1, 0.15) is 8.64 Å². The van der Waals surface area contributed by atoms with E-state index in [-0.39, 0.29) is 0 Å². The summed E-state index contributed by atoms with van der Waals surface area (Å²) in [7, 11) is -0.827. The van der Waals surface area contributed by atoms with Gasteiger partial charge in [-0.2, -0.15) is 7.33 Å². The third-order valence-electron chi connectivity index (χ3n) is 5.06. The summed E-state index contributed by atoms with van der Waals surface area (Å²) >= 11 is 10.9. The fourth-order valence-electron chi connectivity index (χ4n) is 4.01. The second kappa shape index (κ2) is 4.50. The van der Waals surface area contributed by atoms with Gasteiger partial charge in [0.2, 0.25) is 0 Å². The maximum absolute atomic E-state index is 6.40. The van der Waals surface area contributed by atoms with Crippen LogP contribution in [0.4, 0.5) is 0 Å². The summed E-state index contributed by atoms with van der Waals surface area (Å²) in [6.45, 7) is 0. The molecule has 0 saturated carbocycles. The van der Waals surface area contributed by atoms with Gasteiger partial charge in [-0.15, -0.1) is 0 Å². The first kappa shape index (κ1) is 14.9. The van der Waals surface area contributed by atoms with E-state index in [9.17, 15) is 0 Å². The molecule has 1 spiro atoms. The minimum absolute atomic E-state index is 0.563. The van der Waals surface area contributed by atoms with Crippen LogP contribution in [0.15, 0.2) is 0 Å². The largest absolute Gasteiger partial charge is 0.386 e. The zero-order valence-electron chi connectivity index (χ0n) is 10.9. The third kappa shape index (κ3) is 1.91. The van der Waals surface area contributed by atoms with Crippen LogP contribution < -0.4 is 11.5 Å². The molecule has 0 aromatic carbocycles. The number of hydrogen-bond donors (Lipinski definition) is 2. The van der Waals surface area contributed by atoms with Crippen LogP contribution in [0.1, 0.15) is 38.5 Å². The average molecular weight is 325 g/mol. The first-order chi connectivity index (χ1) is 8.40. The van der Waals surface area contributed by atoms with Crippen molar-refractivity contribution in [2.45, 2.75) is 38.5 Å². The standard InChI is InChI=1S/C12H24N2S4/c13-11(15)17-18(12(14)16,7-3-1-4-8-18)9-5-2-6-10-18/h1-10H2,(H2,13,15)(H2,14,16). The Bertz CT molecular complexity index is 363. The molecule has 0 atom stereocenters. The molecule has 0 radical (unpaired) electrons. The van der Waals surface area contributed by atoms with E-state index in [0.717, 1.165) is 4.32 Å². The van der Waals surface area contributed by atoms with Gasteiger partial charge >= 0.3 is 0 Å². The van der Waals surface area contributed by atoms with E-state index < -0.39 is 7.33 Å². The third-order valence-corrected chi connectivity index (χ3v) is 20.5. The Hall–Kier alpha value is 0.480. The molecule has 4 N–H and O–H groups in total. The van der Waals surface area contributed by atoms with Crippen LogP contribution >= 0.6 is 42.6 Å². The lowest BCUT2D eigenvalue weighted by Gasteiger charge is -2.80. The highest BCUT2D eigenvalue weighted by Gasteiger charge is 2.64. The summed E-state index contributed by atoms with van der Waals surface area (Å²) in [6.07, 6.45) is 7.59. The predicted molar refractivity (Wildman–Crippen MR) is 95.9 cm³/mol. The fourth-order valence-corrected chi connectivity index (χ4v) is 19.0. The number of nitrogens with two attached hydrogens (primary N) is 2. The second-order valence-electron chi connectivity index (χ2n) is 6.02. The summed E-state index contributed by atoms with van der Waals surface area (Å²) in [5.74, 6) is 4.71. The highest BCUT2D eigenvalue weighted by atomic mass is 33.2. The molecule has 0 amide bonds. The van der Waals surface area contributed by atoms with Crippen LogP contribution in [0.3, 0.4) is 0 Å². The fraction of sp³-hybridized carbons (Fsp3) is 0.833. The summed E-state index contributed by atoms with van der Waals surface area (Å²) in [5.41, 5.74) is 12.4. The molecule has 2 saturated heterocycles. The average Bonchev–Trinajstić information content (AvgIpc) is 2.30. The Labute approximate surface area is 124 Å². The Balaban J connectivity index is 2.60. The highest BCUT2D eigenvalue weighted by molar-refractivity contribution is 9.23. The molecule has 0 bridgehead atoms. The topological polar surface area (TPSA) is 52.0 Å². The van der Waals surface area contributed by atoms with E-state index in [2.05, 4.69) is 0 Å². The van der Waals surface area contributed by atoms with E-state index in [1.807, 2.05) is 0 Å². The van der Waals surface area contributed by atoms with E-state index in [1.165, 1.54) is 61.5 Å². The van der Waals surface area contributed by atoms with E-state index >= 15 is 0 Å². The van der Waals surface area contributed by atoms with Crippen molar-refractivity contribution in [3.63, 3.8) is 0 Å². The van der Waals surface area contributed by atoms with Crippen molar-refractivity contribution in [1.29, 1.82) is 0 Å². The Morgan fingerprint density at radius 2 is 1.17 bits per heavy atom. The quantitative estimate of drug-likeness (QED) is 0.528. The molecule has 0 unspecified atom stereocenters. The summed E-state index contributed by atoms with van der Waals surface area (Å²) in [5, 5.41) is 0. The van der Waals surface area contributed by atoms with Crippen molar-refractivity contribution >= 4 is 51.2 Å². The van der Waals surface area contributed by atoms with E-state index in [4.69, 9.17) is 35.9 Å². The summed E-state index contributed by atoms with van der Waals surface area (Å²) in [6, 6.07) is 0. The Morgan fingerprint density at radius 1 is 0.778 bits per heavy atom. The van der Waals surface area contributed by atoms with Gasteiger partial charge in [0.05, 0.1) is 0 Å². The molecule has 2 aliphatic heterocycles. The zero-order valence-corrected chi connectivity index (χ0v) is 14.1. The lowest BCUT2D eigenvalue weighted by Crippen LogP contribution is -2.57. The van der Waals surface area contributed by atoms with Gasteiger partial charge in [-0.25, -0.2) is 0 Å². The van der Waals surface area contributed by atoms with Crippen molar-refractivity contribution < 1.29 is 0 Å². The van der Waals surface area contributed by atoms with Crippen LogP contribution in [-0.2, 0) is 0 Å². The van der Waals surface area contributed by atoms with Crippen molar-refractivity contribution in [2.24, 2.45) is 11.5 Å². The predicted octanol–water partition coefficient (Wildman–Crippen LogP) is 3.37. The molecule has 0 aromatic rings. The molecule has 6 heteroatoms. The van der Waals surface area contributed by atoms with Gasteiger partial charge in [-0.05, 0) is 48.7 Å². The van der Waals surface area contributed by atoms with E-state index in [0.29, 0.717) is 4.32 Å². The van der Waals surface area contributed by atoms with Crippen molar-refractivity contribution in [3.8, 4) is 0 Å². The Morgan fingerprint density at radius 3 is 1.44 bits per heavy atom. The normalized spacial score (nSPS) is 32.4. The molecule has 2 fully saturated rings. The lowest BCUT2D eigenvalue weighted by atomic mass is 10.2. The van der Waals surface area contributed by atoms with Gasteiger partial charge in [0.25, 0.3) is 0 Å². The highest BCUT2D eigenvalue weighted by Crippen LogP contribution is 2.99. The van der Waals surface area contributed by atoms with Crippen molar-refractivity contribution in [2.75, 3.05) is 23.0 Å². The van der Waals surface area contributed by atoms with Crippen molar-refractivity contribution in [1.82, 2.24) is 0 Å². The number of hydrogen-bond acceptors (Lipinski definition) is 3. The molecular weight excluding hydrogens is 300 g/mol. The van der Waals surface area contributed by atoms with Crippen LogP contribution in [0.25, 0.3) is 0 Å². The molecule has 2 nitrogen and oxygen atoms in total. The van der Waals surface area contributed by atoms with Gasteiger partial charge < -0.3 is 11.5 Å². The molecule has 2 heterocycles. The monoisotopic (exact) mass is 324 g/mol. The van der Waals surface area contributed by atoms with Gasteiger partial charge in [-0.1, -0.05) is 48.1 Å². The van der Waals surface area contributed by atoms with Gasteiger partial charge in [0.15, 0.2) is 0 Å². The van der Waals surface area contributed by atoms with Gasteiger partial charge in [0, 0.05) is 0 Å². The molecule has 18 heavy (non-hydrogen) atoms. The number of rotatable bonds is 0. The number of thiocarbonyl (C=S) groups is 2. The van der Waals surface area contributed by atoms with Crippen LogP contribution in [0, 0.1) is 0 Å². The molecule has 0 aliphatic carbocycles. The first-order valence-corrected chi connectivity index (χ1v) is 12.0. The lowest BCUT2D eigenvalue weighted by molar-refractivity contribution is 0.699. The van der Waals surface area contributed by atoms with Crippen LogP contribution in [-0.4, -0.2) is 31.7 Å². The van der Waals surface area contributed by atoms with Crippen LogP contribution in [0.5, 0.6) is 0 Å². The molecule has 106 valence electrons. The maximum Gasteiger partial charge on any atom is 0.139 e. The molecular formula is C12H24N2S4. The maximum atomic E-state index is 6.40. The SMILES string of the molecule is NC(=S)SS12(C(N)=S)(CCCCC1)CCCCC2. The molecule has 2 aliphatic rings.